The topological polar surface area (TPSA) is 60.2 Å². The molecule has 0 atom stereocenters. The van der Waals surface area contributed by atoms with Gasteiger partial charge < -0.3 is 14.6 Å². The van der Waals surface area contributed by atoms with E-state index in [0.717, 1.165) is 5.69 Å². The Hall–Kier alpha value is -1.59. The van der Waals surface area contributed by atoms with Gasteiger partial charge in [-0.25, -0.2) is 0 Å². The number of nitrogens with zero attached hydrogens (tertiary/aromatic N) is 2. The van der Waals surface area contributed by atoms with Gasteiger partial charge in [-0.3, -0.25) is 0 Å². The third-order valence-corrected chi connectivity index (χ3v) is 3.05. The quantitative estimate of drug-likeness (QED) is 0.882. The minimum Gasteiger partial charge on any atom is -0.376 e. The molecule has 108 valence electrons. The lowest BCUT2D eigenvalue weighted by atomic mass is 10.1. The van der Waals surface area contributed by atoms with E-state index in [1.165, 1.54) is 0 Å². The van der Waals surface area contributed by atoms with Gasteiger partial charge in [0.05, 0.1) is 6.54 Å². The first kappa shape index (κ1) is 14.8. The monoisotopic (exact) mass is 295 g/mol. The van der Waals surface area contributed by atoms with E-state index in [4.69, 9.17) is 20.9 Å². The first-order chi connectivity index (χ1) is 9.51. The molecule has 0 saturated heterocycles. The molecule has 1 aromatic heterocycles. The zero-order valence-corrected chi connectivity index (χ0v) is 12.6. The van der Waals surface area contributed by atoms with Crippen molar-refractivity contribution in [1.29, 1.82) is 0 Å². The second-order valence-corrected chi connectivity index (χ2v) is 5.25. The number of rotatable bonds is 6. The number of halogens is 1. The van der Waals surface area contributed by atoms with Gasteiger partial charge in [0.2, 0.25) is 11.7 Å². The van der Waals surface area contributed by atoms with Crippen LogP contribution in [0.25, 0.3) is 0 Å². The number of benzene rings is 1. The van der Waals surface area contributed by atoms with Gasteiger partial charge in [0.15, 0.2) is 0 Å². The van der Waals surface area contributed by atoms with E-state index in [-0.39, 0.29) is 0 Å². The molecule has 0 bridgehead atoms. The zero-order chi connectivity index (χ0) is 14.6. The Morgan fingerprint density at radius 2 is 2.00 bits per heavy atom. The highest BCUT2D eigenvalue weighted by Gasteiger charge is 2.26. The third kappa shape index (κ3) is 3.71. The van der Waals surface area contributed by atoms with Crippen LogP contribution in [0.2, 0.25) is 5.02 Å². The molecule has 0 amide bonds. The predicted octanol–water partition coefficient (Wildman–Crippen LogP) is 3.61. The van der Waals surface area contributed by atoms with E-state index in [2.05, 4.69) is 15.5 Å². The van der Waals surface area contributed by atoms with Crippen LogP contribution in [-0.4, -0.2) is 16.7 Å². The first-order valence-corrected chi connectivity index (χ1v) is 6.85. The van der Waals surface area contributed by atoms with Crippen molar-refractivity contribution in [2.75, 3.05) is 11.9 Å². The van der Waals surface area contributed by atoms with Crippen LogP contribution >= 0.6 is 11.6 Å². The third-order valence-electron chi connectivity index (χ3n) is 2.80. The lowest BCUT2D eigenvalue weighted by Gasteiger charge is -2.19. The average Bonchev–Trinajstić information content (AvgIpc) is 2.88. The van der Waals surface area contributed by atoms with Crippen LogP contribution in [0.3, 0.4) is 0 Å². The summed E-state index contributed by atoms with van der Waals surface area (Å²) in [4.78, 5) is 4.34. The van der Waals surface area contributed by atoms with E-state index < -0.39 is 5.60 Å². The van der Waals surface area contributed by atoms with Crippen LogP contribution in [-0.2, 0) is 16.9 Å². The van der Waals surface area contributed by atoms with Crippen molar-refractivity contribution >= 4 is 17.3 Å². The van der Waals surface area contributed by atoms with Gasteiger partial charge >= 0.3 is 0 Å². The van der Waals surface area contributed by atoms with Gasteiger partial charge in [-0.05, 0) is 45.0 Å². The van der Waals surface area contributed by atoms with Gasteiger partial charge in [-0.15, -0.1) is 0 Å². The van der Waals surface area contributed by atoms with E-state index in [9.17, 15) is 0 Å². The minimum atomic E-state index is -0.545. The van der Waals surface area contributed by atoms with E-state index in [1.807, 2.05) is 45.0 Å². The summed E-state index contributed by atoms with van der Waals surface area (Å²) in [6, 6.07) is 7.43. The highest BCUT2D eigenvalue weighted by atomic mass is 35.5. The van der Waals surface area contributed by atoms with Gasteiger partial charge in [0.1, 0.15) is 5.60 Å². The van der Waals surface area contributed by atoms with Gasteiger partial charge in [-0.1, -0.05) is 16.8 Å². The summed E-state index contributed by atoms with van der Waals surface area (Å²) >= 11 is 5.83. The second-order valence-electron chi connectivity index (χ2n) is 4.82. The van der Waals surface area contributed by atoms with Crippen molar-refractivity contribution < 1.29 is 9.26 Å². The van der Waals surface area contributed by atoms with Gasteiger partial charge in [0.25, 0.3) is 0 Å². The van der Waals surface area contributed by atoms with E-state index >= 15 is 0 Å². The van der Waals surface area contributed by atoms with Crippen LogP contribution in [0, 0.1) is 0 Å². The molecular formula is C14H18ClN3O2. The fourth-order valence-electron chi connectivity index (χ4n) is 1.74. The fraction of sp³-hybridized carbons (Fsp3) is 0.429. The number of hydrogen-bond acceptors (Lipinski definition) is 5. The summed E-state index contributed by atoms with van der Waals surface area (Å²) in [7, 11) is 0. The fourth-order valence-corrected chi connectivity index (χ4v) is 1.87. The number of hydrogen-bond donors (Lipinski definition) is 1. The molecule has 0 aliphatic rings. The van der Waals surface area contributed by atoms with Crippen LogP contribution < -0.4 is 5.32 Å². The van der Waals surface area contributed by atoms with Crippen molar-refractivity contribution in [1.82, 2.24) is 10.1 Å². The number of anilines is 1. The Balaban J connectivity index is 1.97. The van der Waals surface area contributed by atoms with Crippen LogP contribution in [0.15, 0.2) is 28.8 Å². The molecular weight excluding hydrogens is 278 g/mol. The summed E-state index contributed by atoms with van der Waals surface area (Å²) in [6.07, 6.45) is 0. The molecule has 2 aromatic rings. The summed E-state index contributed by atoms with van der Waals surface area (Å²) in [5.74, 6) is 1.06. The van der Waals surface area contributed by atoms with Gasteiger partial charge in [0, 0.05) is 17.3 Å². The van der Waals surface area contributed by atoms with Crippen molar-refractivity contribution in [2.24, 2.45) is 0 Å². The van der Waals surface area contributed by atoms with E-state index in [0.29, 0.717) is 29.9 Å². The number of ether oxygens (including phenoxy) is 1. The molecule has 0 fully saturated rings. The molecule has 1 aromatic carbocycles. The molecule has 0 unspecified atom stereocenters. The largest absolute Gasteiger partial charge is 0.376 e. The molecule has 6 heteroatoms. The molecule has 0 aliphatic carbocycles. The Morgan fingerprint density at radius 1 is 1.30 bits per heavy atom. The lowest BCUT2D eigenvalue weighted by Crippen LogP contribution is -2.23. The van der Waals surface area contributed by atoms with Crippen molar-refractivity contribution in [3.8, 4) is 0 Å². The van der Waals surface area contributed by atoms with Crippen molar-refractivity contribution in [2.45, 2.75) is 32.9 Å². The molecule has 20 heavy (non-hydrogen) atoms. The van der Waals surface area contributed by atoms with Gasteiger partial charge in [-0.2, -0.15) is 4.98 Å². The normalized spacial score (nSPS) is 11.6. The molecule has 1 heterocycles. The van der Waals surface area contributed by atoms with Crippen molar-refractivity contribution in [3.63, 3.8) is 0 Å². The molecule has 0 aliphatic heterocycles. The average molecular weight is 296 g/mol. The highest BCUT2D eigenvalue weighted by molar-refractivity contribution is 6.30. The summed E-state index contributed by atoms with van der Waals surface area (Å²) in [6.45, 7) is 6.82. The zero-order valence-electron chi connectivity index (χ0n) is 11.8. The minimum absolute atomic E-state index is 0.455. The lowest BCUT2D eigenvalue weighted by molar-refractivity contribution is -0.0221. The molecule has 0 spiro atoms. The standard InChI is InChI=1S/C14H18ClN3O2/c1-4-19-14(2,3)13-17-12(20-18-13)9-16-11-7-5-10(15)6-8-11/h5-8,16H,4,9H2,1-3H3. The predicted molar refractivity (Wildman–Crippen MR) is 77.7 cm³/mol. The Morgan fingerprint density at radius 3 is 2.65 bits per heavy atom. The summed E-state index contributed by atoms with van der Waals surface area (Å²) < 4.78 is 10.8. The second kappa shape index (κ2) is 6.24. The van der Waals surface area contributed by atoms with Crippen LogP contribution in [0.4, 0.5) is 5.69 Å². The maximum Gasteiger partial charge on any atom is 0.246 e. The smallest absolute Gasteiger partial charge is 0.246 e. The maximum absolute atomic E-state index is 5.83. The number of nitrogens with one attached hydrogen (secondary N) is 1. The molecule has 1 N–H and O–H groups in total. The summed E-state index contributed by atoms with van der Waals surface area (Å²) in [5.41, 5.74) is 0.398. The Bertz CT molecular complexity index is 552. The molecule has 5 nitrogen and oxygen atoms in total. The highest BCUT2D eigenvalue weighted by Crippen LogP contribution is 2.21. The first-order valence-electron chi connectivity index (χ1n) is 6.47. The number of aromatic nitrogens is 2. The Kier molecular flexibility index (Phi) is 4.62. The van der Waals surface area contributed by atoms with Crippen LogP contribution in [0.1, 0.15) is 32.5 Å². The SMILES string of the molecule is CCOC(C)(C)c1noc(CNc2ccc(Cl)cc2)n1. The maximum atomic E-state index is 5.83. The Labute approximate surface area is 123 Å². The molecule has 0 radical (unpaired) electrons. The summed E-state index contributed by atoms with van der Waals surface area (Å²) in [5, 5.41) is 7.85. The van der Waals surface area contributed by atoms with Crippen LogP contribution in [0.5, 0.6) is 0 Å². The molecule has 2 rings (SSSR count). The van der Waals surface area contributed by atoms with Crippen molar-refractivity contribution in [3.05, 3.63) is 41.0 Å². The van der Waals surface area contributed by atoms with E-state index in [1.54, 1.807) is 0 Å². The molecule has 0 saturated carbocycles.